The average molecular weight is 293 g/mol. The van der Waals surface area contributed by atoms with Gasteiger partial charge in [0.05, 0.1) is 0 Å². The molecule has 0 amide bonds. The topological polar surface area (TPSA) is 59.3 Å². The van der Waals surface area contributed by atoms with E-state index in [-0.39, 0.29) is 18.3 Å². The zero-order valence-corrected chi connectivity index (χ0v) is 11.3. The second kappa shape index (κ2) is 5.87. The average Bonchev–Trinajstić information content (AvgIpc) is 2.41. The number of halogens is 2. The lowest BCUT2D eigenvalue weighted by molar-refractivity contribution is -0.136. The number of rotatable bonds is 4. The molecule has 0 atom stereocenters. The number of hydrogen-bond donors (Lipinski definition) is 1. The van der Waals surface area contributed by atoms with Crippen LogP contribution < -0.4 is 5.43 Å². The van der Waals surface area contributed by atoms with Crippen molar-refractivity contribution in [2.24, 2.45) is 0 Å². The third-order valence-electron chi connectivity index (χ3n) is 3.11. The molecule has 1 heterocycles. The number of benzene rings is 1. The molecule has 0 aliphatic rings. The van der Waals surface area contributed by atoms with E-state index in [9.17, 15) is 18.4 Å². The van der Waals surface area contributed by atoms with Crippen LogP contribution in [0.15, 0.2) is 35.3 Å². The lowest BCUT2D eigenvalue weighted by atomic mass is 10.1. The van der Waals surface area contributed by atoms with Crippen LogP contribution in [0.25, 0.3) is 5.69 Å². The number of aryl methyl sites for hydroxylation is 2. The van der Waals surface area contributed by atoms with Crippen molar-refractivity contribution in [3.05, 3.63) is 63.6 Å². The number of nitrogens with zero attached hydrogens (tertiary/aromatic N) is 1. The van der Waals surface area contributed by atoms with Crippen molar-refractivity contribution in [2.75, 3.05) is 0 Å². The molecule has 110 valence electrons. The number of hydrogen-bond acceptors (Lipinski definition) is 2. The first kappa shape index (κ1) is 14.9. The van der Waals surface area contributed by atoms with E-state index in [1.807, 2.05) is 0 Å². The quantitative estimate of drug-likeness (QED) is 0.942. The van der Waals surface area contributed by atoms with Gasteiger partial charge in [-0.15, -0.1) is 0 Å². The van der Waals surface area contributed by atoms with Gasteiger partial charge < -0.3 is 9.67 Å². The van der Waals surface area contributed by atoms with Crippen molar-refractivity contribution in [1.82, 2.24) is 4.57 Å². The first-order chi connectivity index (χ1) is 9.88. The van der Waals surface area contributed by atoms with E-state index in [1.54, 1.807) is 6.92 Å². The second-order valence-corrected chi connectivity index (χ2v) is 4.67. The largest absolute Gasteiger partial charge is 0.481 e. The molecule has 0 saturated carbocycles. The predicted molar refractivity (Wildman–Crippen MR) is 72.6 cm³/mol. The Morgan fingerprint density at radius 1 is 1.24 bits per heavy atom. The molecule has 0 aliphatic heterocycles. The maximum absolute atomic E-state index is 13.3. The predicted octanol–water partition coefficient (Wildman–Crippen LogP) is 2.44. The van der Waals surface area contributed by atoms with Crippen molar-refractivity contribution in [1.29, 1.82) is 0 Å². The molecular weight excluding hydrogens is 280 g/mol. The zero-order chi connectivity index (χ0) is 15.6. The lowest BCUT2D eigenvalue weighted by Crippen LogP contribution is -2.15. The van der Waals surface area contributed by atoms with Crippen LogP contribution in [0.4, 0.5) is 8.78 Å². The number of aliphatic carboxylic acids is 1. The molecular formula is C15H13F2NO3. The van der Waals surface area contributed by atoms with Crippen LogP contribution in [0.3, 0.4) is 0 Å². The third kappa shape index (κ3) is 3.34. The Bertz CT molecular complexity index is 753. The van der Waals surface area contributed by atoms with Crippen molar-refractivity contribution in [3.8, 4) is 5.69 Å². The fourth-order valence-electron chi connectivity index (χ4n) is 2.02. The van der Waals surface area contributed by atoms with Crippen LogP contribution in [-0.2, 0) is 11.2 Å². The molecule has 1 aromatic heterocycles. The van der Waals surface area contributed by atoms with Gasteiger partial charge in [-0.05, 0) is 25.5 Å². The Hall–Kier alpha value is -2.50. The van der Waals surface area contributed by atoms with E-state index in [0.717, 1.165) is 12.1 Å². The second-order valence-electron chi connectivity index (χ2n) is 4.67. The Morgan fingerprint density at radius 3 is 2.57 bits per heavy atom. The number of carbonyl (C=O) groups is 1. The number of carboxylic acids is 1. The molecule has 0 fully saturated rings. The van der Waals surface area contributed by atoms with Gasteiger partial charge >= 0.3 is 5.97 Å². The summed E-state index contributed by atoms with van der Waals surface area (Å²) >= 11 is 0. The summed E-state index contributed by atoms with van der Waals surface area (Å²) in [5.41, 5.74) is 0.952. The summed E-state index contributed by atoms with van der Waals surface area (Å²) in [4.78, 5) is 22.4. The summed E-state index contributed by atoms with van der Waals surface area (Å²) in [7, 11) is 0. The van der Waals surface area contributed by atoms with Crippen LogP contribution in [0.1, 0.15) is 17.7 Å². The van der Waals surface area contributed by atoms with Gasteiger partial charge in [-0.2, -0.15) is 0 Å². The number of carboxylic acid groups (broad SMARTS) is 1. The highest BCUT2D eigenvalue weighted by atomic mass is 19.2. The maximum atomic E-state index is 13.3. The van der Waals surface area contributed by atoms with Crippen molar-refractivity contribution < 1.29 is 18.7 Å². The molecule has 2 aromatic rings. The van der Waals surface area contributed by atoms with E-state index >= 15 is 0 Å². The number of aromatic nitrogens is 1. The van der Waals surface area contributed by atoms with Gasteiger partial charge in [-0.1, -0.05) is 0 Å². The minimum absolute atomic E-state index is 0.0815. The fraction of sp³-hybridized carbons (Fsp3) is 0.200. The molecule has 21 heavy (non-hydrogen) atoms. The van der Waals surface area contributed by atoms with E-state index < -0.39 is 17.6 Å². The highest BCUT2D eigenvalue weighted by Crippen LogP contribution is 2.15. The van der Waals surface area contributed by atoms with Gasteiger partial charge in [0.1, 0.15) is 0 Å². The molecule has 4 nitrogen and oxygen atoms in total. The van der Waals surface area contributed by atoms with E-state index in [0.29, 0.717) is 16.9 Å². The molecule has 0 unspecified atom stereocenters. The molecule has 0 spiro atoms. The van der Waals surface area contributed by atoms with E-state index in [1.165, 1.54) is 22.9 Å². The normalized spacial score (nSPS) is 10.6. The van der Waals surface area contributed by atoms with E-state index in [2.05, 4.69) is 0 Å². The van der Waals surface area contributed by atoms with Crippen LogP contribution in [0.5, 0.6) is 0 Å². The highest BCUT2D eigenvalue weighted by Gasteiger charge is 2.09. The summed E-state index contributed by atoms with van der Waals surface area (Å²) in [6.45, 7) is 1.66. The summed E-state index contributed by atoms with van der Waals surface area (Å²) in [6.07, 6.45) is 1.38. The maximum Gasteiger partial charge on any atom is 0.303 e. The van der Waals surface area contributed by atoms with Gasteiger partial charge in [-0.25, -0.2) is 8.78 Å². The molecule has 1 aromatic carbocycles. The Labute approximate surface area is 119 Å². The van der Waals surface area contributed by atoms with Crippen LogP contribution in [0.2, 0.25) is 0 Å². The smallest absolute Gasteiger partial charge is 0.303 e. The lowest BCUT2D eigenvalue weighted by Gasteiger charge is -2.12. The van der Waals surface area contributed by atoms with Gasteiger partial charge in [0, 0.05) is 41.7 Å². The Morgan fingerprint density at radius 2 is 1.95 bits per heavy atom. The summed E-state index contributed by atoms with van der Waals surface area (Å²) in [6, 6.07) is 4.75. The first-order valence-electron chi connectivity index (χ1n) is 6.28. The van der Waals surface area contributed by atoms with Gasteiger partial charge in [0.2, 0.25) is 0 Å². The third-order valence-corrected chi connectivity index (χ3v) is 3.11. The molecule has 0 radical (unpaired) electrons. The first-order valence-corrected chi connectivity index (χ1v) is 6.28. The number of pyridine rings is 1. The van der Waals surface area contributed by atoms with Crippen molar-refractivity contribution >= 4 is 5.97 Å². The highest BCUT2D eigenvalue weighted by molar-refractivity contribution is 5.67. The molecule has 0 bridgehead atoms. The standard InChI is InChI=1S/C15H13F2NO3/c1-9-6-14(19)10(2-5-15(20)21)8-18(9)11-3-4-12(16)13(17)7-11/h3-4,6-8H,2,5H2,1H3,(H,20,21). The summed E-state index contributed by atoms with van der Waals surface area (Å²) in [5.74, 6) is -2.95. The Kier molecular flexibility index (Phi) is 4.16. The molecule has 0 aliphatic carbocycles. The van der Waals surface area contributed by atoms with E-state index in [4.69, 9.17) is 5.11 Å². The molecule has 0 saturated heterocycles. The van der Waals surface area contributed by atoms with Crippen LogP contribution >= 0.6 is 0 Å². The molecule has 2 rings (SSSR count). The van der Waals surface area contributed by atoms with Crippen molar-refractivity contribution in [2.45, 2.75) is 19.8 Å². The van der Waals surface area contributed by atoms with Gasteiger partial charge in [0.15, 0.2) is 17.1 Å². The zero-order valence-electron chi connectivity index (χ0n) is 11.3. The fourth-order valence-corrected chi connectivity index (χ4v) is 2.02. The minimum atomic E-state index is -1.01. The van der Waals surface area contributed by atoms with Crippen molar-refractivity contribution in [3.63, 3.8) is 0 Å². The molecule has 1 N–H and O–H groups in total. The Balaban J connectivity index is 2.47. The SMILES string of the molecule is Cc1cc(=O)c(CCC(=O)O)cn1-c1ccc(F)c(F)c1. The van der Waals surface area contributed by atoms with Crippen LogP contribution in [0, 0.1) is 18.6 Å². The van der Waals surface area contributed by atoms with Crippen LogP contribution in [-0.4, -0.2) is 15.6 Å². The summed E-state index contributed by atoms with van der Waals surface area (Å²) < 4.78 is 27.8. The minimum Gasteiger partial charge on any atom is -0.481 e. The molecule has 6 heteroatoms. The van der Waals surface area contributed by atoms with Gasteiger partial charge in [-0.3, -0.25) is 9.59 Å². The summed E-state index contributed by atoms with van der Waals surface area (Å²) in [5, 5.41) is 8.67. The monoisotopic (exact) mass is 293 g/mol. The van der Waals surface area contributed by atoms with Gasteiger partial charge in [0.25, 0.3) is 0 Å².